The van der Waals surface area contributed by atoms with Gasteiger partial charge in [0.15, 0.2) is 12.6 Å². The molecule has 14 heteroatoms. The summed E-state index contributed by atoms with van der Waals surface area (Å²) in [7, 11) is -0.676. The van der Waals surface area contributed by atoms with E-state index in [2.05, 4.69) is 62.8 Å². The number of aromatic nitrogens is 3. The zero-order valence-electron chi connectivity index (χ0n) is 35.2. The van der Waals surface area contributed by atoms with Crippen molar-refractivity contribution >= 4 is 41.8 Å². The molecule has 8 rings (SSSR count). The Morgan fingerprint density at radius 3 is 2.42 bits per heavy atom. The predicted molar refractivity (Wildman–Crippen MR) is 228 cm³/mol. The molecule has 0 saturated carbocycles. The number of ether oxygens (including phenoxy) is 3. The summed E-state index contributed by atoms with van der Waals surface area (Å²) in [5, 5.41) is 11.4. The fourth-order valence-corrected chi connectivity index (χ4v) is 16.2. The number of nitrogens with zero attached hydrogens (tertiary/aromatic N) is 6. The minimum atomic E-state index is -2.23. The average Bonchev–Trinajstić information content (AvgIpc) is 3.82. The van der Waals surface area contributed by atoms with Crippen LogP contribution in [0.2, 0.25) is 16.6 Å². The number of benzene rings is 2. The summed E-state index contributed by atoms with van der Waals surface area (Å²) >= 11 is 0. The molecule has 2 bridgehead atoms. The lowest BCUT2D eigenvalue weighted by Crippen LogP contribution is -2.55. The number of piperazine rings is 1. The van der Waals surface area contributed by atoms with Crippen LogP contribution in [0, 0.1) is 17.3 Å². The molecule has 0 aliphatic carbocycles. The SMILES string of the molecule is COCOc1cc(-c2cnc3c(N4C[C@H]5CC[C@@H](C4)N5C(=O)O)nc(OC[C@@]45CCCN4C[C@H](F)C5)nc3c2)c2c(C#C[Si](C(C)C)(C(C)C)C(C)C)c(F)ccc2c1. The van der Waals surface area contributed by atoms with Crippen LogP contribution in [0.5, 0.6) is 11.8 Å². The zero-order chi connectivity index (χ0) is 41.8. The molecule has 1 N–H and O–H groups in total. The number of anilines is 1. The standard InChI is InChI=1S/C45H56F2N6O5Si/c1-27(2)59(28(3)4,29(5)6)16-13-36-38(47)12-9-30-17-35(58-26-56-7)19-37(40(30)36)31-18-39-41(48-21-31)42(51-23-33-10-11-34(24-51)53(33)44(54)55)50-43(49-39)57-25-45-14-8-15-52(45)22-32(46)20-45/h9,12,17-19,21,27-29,32-34H,8,10-11,14-15,20,22-26H2,1-7H3,(H,54,55)/t32-,33-,34+,45+/m1/s1. The first-order chi connectivity index (χ1) is 28.2. The Hall–Kier alpha value is -4.58. The number of amides is 1. The lowest BCUT2D eigenvalue weighted by atomic mass is 9.94. The number of carbonyl (C=O) groups is 1. The van der Waals surface area contributed by atoms with Crippen LogP contribution in [0.1, 0.15) is 79.2 Å². The van der Waals surface area contributed by atoms with Crippen LogP contribution in [-0.4, -0.2) is 115 Å². The molecule has 4 aromatic rings. The second-order valence-electron chi connectivity index (χ2n) is 18.0. The summed E-state index contributed by atoms with van der Waals surface area (Å²) in [6, 6.07) is 8.69. The smallest absolute Gasteiger partial charge is 0.407 e. The highest BCUT2D eigenvalue weighted by atomic mass is 28.3. The number of methoxy groups -OCH3 is 1. The molecule has 6 heterocycles. The molecule has 0 unspecified atom stereocenters. The molecule has 0 radical (unpaired) electrons. The van der Waals surface area contributed by atoms with Crippen molar-refractivity contribution in [2.75, 3.05) is 51.6 Å². The van der Waals surface area contributed by atoms with Crippen molar-refractivity contribution in [1.82, 2.24) is 24.8 Å². The van der Waals surface area contributed by atoms with Crippen molar-refractivity contribution in [2.45, 2.75) is 114 Å². The van der Waals surface area contributed by atoms with Gasteiger partial charge in [-0.2, -0.15) is 9.97 Å². The third-order valence-corrected chi connectivity index (χ3v) is 20.0. The normalized spacial score (nSPS) is 23.2. The summed E-state index contributed by atoms with van der Waals surface area (Å²) in [5.74, 6) is 4.12. The van der Waals surface area contributed by atoms with Gasteiger partial charge in [-0.3, -0.25) is 14.8 Å². The highest BCUT2D eigenvalue weighted by Gasteiger charge is 2.50. The molecule has 4 aliphatic rings. The number of carboxylic acid groups (broad SMARTS) is 1. The summed E-state index contributed by atoms with van der Waals surface area (Å²) in [6.45, 7) is 15.9. The average molecular weight is 827 g/mol. The number of hydrogen-bond acceptors (Lipinski definition) is 9. The van der Waals surface area contributed by atoms with Gasteiger partial charge in [0.25, 0.3) is 0 Å². The van der Waals surface area contributed by atoms with Crippen LogP contribution in [0.3, 0.4) is 0 Å². The van der Waals surface area contributed by atoms with E-state index in [1.807, 2.05) is 18.2 Å². The Morgan fingerprint density at radius 2 is 1.75 bits per heavy atom. The number of fused-ring (bicyclic) bond motifs is 5. The van der Waals surface area contributed by atoms with Crippen molar-refractivity contribution in [3.05, 3.63) is 47.9 Å². The second-order valence-corrected chi connectivity index (χ2v) is 23.5. The highest BCUT2D eigenvalue weighted by molar-refractivity contribution is 6.90. The molecule has 4 fully saturated rings. The van der Waals surface area contributed by atoms with Crippen molar-refractivity contribution in [3.63, 3.8) is 0 Å². The van der Waals surface area contributed by atoms with Gasteiger partial charge < -0.3 is 24.2 Å². The Kier molecular flexibility index (Phi) is 11.2. The number of rotatable bonds is 11. The first-order valence-corrected chi connectivity index (χ1v) is 23.3. The first-order valence-electron chi connectivity index (χ1n) is 21.1. The maximum absolute atomic E-state index is 16.3. The van der Waals surface area contributed by atoms with E-state index in [1.165, 1.54) is 6.07 Å². The Balaban J connectivity index is 1.28. The number of halogens is 2. The van der Waals surface area contributed by atoms with Gasteiger partial charge in [0.1, 0.15) is 37.9 Å². The molecule has 4 saturated heterocycles. The van der Waals surface area contributed by atoms with Crippen LogP contribution in [0.15, 0.2) is 36.5 Å². The largest absolute Gasteiger partial charge is 0.468 e. The zero-order valence-corrected chi connectivity index (χ0v) is 36.2. The Labute approximate surface area is 346 Å². The molecule has 0 spiro atoms. The van der Waals surface area contributed by atoms with Gasteiger partial charge in [0, 0.05) is 50.3 Å². The minimum absolute atomic E-state index is 0.0244. The van der Waals surface area contributed by atoms with Crippen LogP contribution >= 0.6 is 0 Å². The first kappa shape index (κ1) is 41.2. The van der Waals surface area contributed by atoms with Crippen LogP contribution in [0.25, 0.3) is 32.9 Å². The van der Waals surface area contributed by atoms with E-state index in [0.29, 0.717) is 87.4 Å². The van der Waals surface area contributed by atoms with Gasteiger partial charge in [-0.25, -0.2) is 13.6 Å². The molecule has 314 valence electrons. The van der Waals surface area contributed by atoms with Gasteiger partial charge in [0.2, 0.25) is 0 Å². The lowest BCUT2D eigenvalue weighted by Gasteiger charge is -2.40. The number of alkyl halides is 1. The van der Waals surface area contributed by atoms with Gasteiger partial charge in [-0.15, -0.1) is 5.54 Å². The Bertz CT molecular complexity index is 2280. The van der Waals surface area contributed by atoms with E-state index in [-0.39, 0.29) is 31.5 Å². The molecule has 1 amide bonds. The molecular weight excluding hydrogens is 771 g/mol. The monoisotopic (exact) mass is 826 g/mol. The molecule has 59 heavy (non-hydrogen) atoms. The second kappa shape index (κ2) is 16.1. The maximum Gasteiger partial charge on any atom is 0.407 e. The number of hydrogen-bond donors (Lipinski definition) is 1. The highest BCUT2D eigenvalue weighted by Crippen LogP contribution is 2.44. The van der Waals surface area contributed by atoms with Crippen LogP contribution in [0.4, 0.5) is 19.4 Å². The Morgan fingerprint density at radius 1 is 1.02 bits per heavy atom. The molecule has 11 nitrogen and oxygen atoms in total. The predicted octanol–water partition coefficient (Wildman–Crippen LogP) is 8.82. The van der Waals surface area contributed by atoms with E-state index < -0.39 is 31.7 Å². The van der Waals surface area contributed by atoms with Gasteiger partial charge in [-0.05, 0) is 84.1 Å². The minimum Gasteiger partial charge on any atom is -0.468 e. The van der Waals surface area contributed by atoms with Gasteiger partial charge in [0.05, 0.1) is 28.7 Å². The topological polar surface area (TPSA) is 113 Å². The summed E-state index contributed by atoms with van der Waals surface area (Å²) in [5.41, 5.74) is 7.15. The van der Waals surface area contributed by atoms with Gasteiger partial charge >= 0.3 is 12.1 Å². The summed E-state index contributed by atoms with van der Waals surface area (Å²) in [6.07, 6.45) is 3.70. The summed E-state index contributed by atoms with van der Waals surface area (Å²) < 4.78 is 48.7. The third kappa shape index (κ3) is 7.37. The molecule has 2 aromatic carbocycles. The maximum atomic E-state index is 16.3. The van der Waals surface area contributed by atoms with E-state index in [0.717, 1.165) is 37.6 Å². The molecule has 4 atom stereocenters. The van der Waals surface area contributed by atoms with E-state index in [4.69, 9.17) is 29.2 Å². The summed E-state index contributed by atoms with van der Waals surface area (Å²) in [4.78, 5) is 33.0. The molecular formula is C45H56F2N6O5Si. The van der Waals surface area contributed by atoms with Crippen molar-refractivity contribution in [1.29, 1.82) is 0 Å². The van der Waals surface area contributed by atoms with Gasteiger partial charge in [-0.1, -0.05) is 53.5 Å². The van der Waals surface area contributed by atoms with E-state index in [9.17, 15) is 14.3 Å². The fraction of sp³-hybridized carbons (Fsp3) is 0.556. The lowest BCUT2D eigenvalue weighted by molar-refractivity contribution is 0.0512. The van der Waals surface area contributed by atoms with Crippen molar-refractivity contribution in [2.24, 2.45) is 0 Å². The van der Waals surface area contributed by atoms with E-state index in [1.54, 1.807) is 24.3 Å². The van der Waals surface area contributed by atoms with Crippen LogP contribution < -0.4 is 14.4 Å². The van der Waals surface area contributed by atoms with Crippen LogP contribution in [-0.2, 0) is 4.74 Å². The van der Waals surface area contributed by atoms with Crippen molar-refractivity contribution in [3.8, 4) is 34.4 Å². The molecule has 2 aromatic heterocycles. The third-order valence-electron chi connectivity index (χ3n) is 13.7. The van der Waals surface area contributed by atoms with E-state index >= 15 is 4.39 Å². The molecule has 4 aliphatic heterocycles. The quantitative estimate of drug-likeness (QED) is 0.0895. The number of pyridine rings is 1. The van der Waals surface area contributed by atoms with Crippen molar-refractivity contribution < 1.29 is 32.9 Å². The fourth-order valence-electron chi connectivity index (χ4n) is 11.0.